The van der Waals surface area contributed by atoms with E-state index in [-0.39, 0.29) is 18.1 Å². The van der Waals surface area contributed by atoms with Crippen molar-refractivity contribution < 1.29 is 8.78 Å². The highest BCUT2D eigenvalue weighted by atomic mass is 19.3. The zero-order valence-electron chi connectivity index (χ0n) is 8.42. The maximum Gasteiger partial charge on any atom is 0.345 e. The molecule has 0 atom stereocenters. The lowest BCUT2D eigenvalue weighted by atomic mass is 10.6. The fourth-order valence-electron chi connectivity index (χ4n) is 1.31. The Hall–Kier alpha value is -1.99. The summed E-state index contributed by atoms with van der Waals surface area (Å²) in [6.07, 6.45) is 3.74. The molecule has 0 spiro atoms. The Labute approximate surface area is 88.8 Å². The van der Waals surface area contributed by atoms with E-state index in [0.717, 1.165) is 10.9 Å². The molecule has 86 valence electrons. The summed E-state index contributed by atoms with van der Waals surface area (Å²) in [6.45, 7) is -2.74. The van der Waals surface area contributed by atoms with Gasteiger partial charge in [0.2, 0.25) is 0 Å². The fraction of sp³-hybridized carbons (Fsp3) is 0.375. The predicted octanol–water partition coefficient (Wildman–Crippen LogP) is 0.222. The summed E-state index contributed by atoms with van der Waals surface area (Å²) in [5, 5.41) is 3.76. The van der Waals surface area contributed by atoms with Crippen molar-refractivity contribution in [3.8, 4) is 0 Å². The smallest absolute Gasteiger partial charge is 0.285 e. The van der Waals surface area contributed by atoms with E-state index >= 15 is 0 Å². The Morgan fingerprint density at radius 3 is 2.81 bits per heavy atom. The Kier molecular flexibility index (Phi) is 2.55. The molecule has 0 unspecified atom stereocenters. The van der Waals surface area contributed by atoms with Crippen molar-refractivity contribution in [1.29, 1.82) is 0 Å². The van der Waals surface area contributed by atoms with Gasteiger partial charge in [-0.3, -0.25) is 9.13 Å². The third-order valence-corrected chi connectivity index (χ3v) is 2.14. The van der Waals surface area contributed by atoms with E-state index in [1.54, 1.807) is 0 Å². The first-order valence-electron chi connectivity index (χ1n) is 4.48. The number of aromatic nitrogens is 5. The fourth-order valence-corrected chi connectivity index (χ4v) is 1.31. The molecule has 16 heavy (non-hydrogen) atoms. The topological polar surface area (TPSA) is 57.6 Å². The Bertz CT molecular complexity index is 541. The molecule has 0 saturated carbocycles. The maximum absolute atomic E-state index is 12.5. The van der Waals surface area contributed by atoms with Gasteiger partial charge < -0.3 is 0 Å². The summed E-state index contributed by atoms with van der Waals surface area (Å²) in [5.74, 6) is 0.0933. The lowest BCUT2D eigenvalue weighted by molar-refractivity contribution is 0.0665. The van der Waals surface area contributed by atoms with E-state index in [2.05, 4.69) is 10.1 Å². The van der Waals surface area contributed by atoms with Crippen molar-refractivity contribution in [1.82, 2.24) is 23.9 Å². The molecule has 0 saturated heterocycles. The van der Waals surface area contributed by atoms with Crippen LogP contribution < -0.4 is 5.69 Å². The van der Waals surface area contributed by atoms with Crippen LogP contribution in [-0.2, 0) is 13.6 Å². The minimum absolute atomic E-state index is 0.0724. The molecular formula is C8H9F2N5O. The minimum atomic E-state index is -2.67. The third-order valence-electron chi connectivity index (χ3n) is 2.14. The maximum atomic E-state index is 12.5. The second-order valence-corrected chi connectivity index (χ2v) is 3.21. The van der Waals surface area contributed by atoms with Crippen LogP contribution in [0.1, 0.15) is 12.4 Å². The summed E-state index contributed by atoms with van der Waals surface area (Å²) in [6, 6.07) is 0. The number of aryl methyl sites for hydroxylation is 1. The second-order valence-electron chi connectivity index (χ2n) is 3.21. The van der Waals surface area contributed by atoms with Crippen molar-refractivity contribution in [3.05, 3.63) is 35.0 Å². The molecule has 0 amide bonds. The van der Waals surface area contributed by atoms with Crippen LogP contribution in [0.2, 0.25) is 0 Å². The average Bonchev–Trinajstić information content (AvgIpc) is 2.80. The summed E-state index contributed by atoms with van der Waals surface area (Å²) >= 11 is 0. The van der Waals surface area contributed by atoms with Crippen LogP contribution in [0, 0.1) is 0 Å². The van der Waals surface area contributed by atoms with E-state index in [1.165, 1.54) is 24.1 Å². The number of imidazole rings is 1. The van der Waals surface area contributed by atoms with Gasteiger partial charge in [-0.05, 0) is 0 Å². The summed E-state index contributed by atoms with van der Waals surface area (Å²) < 4.78 is 28.0. The monoisotopic (exact) mass is 229 g/mol. The van der Waals surface area contributed by atoms with Gasteiger partial charge in [-0.2, -0.15) is 13.9 Å². The minimum Gasteiger partial charge on any atom is -0.285 e. The van der Waals surface area contributed by atoms with E-state index in [4.69, 9.17) is 0 Å². The number of alkyl halides is 2. The van der Waals surface area contributed by atoms with Crippen LogP contribution >= 0.6 is 0 Å². The lowest BCUT2D eigenvalue weighted by Crippen LogP contribution is -2.24. The molecule has 2 aromatic heterocycles. The van der Waals surface area contributed by atoms with E-state index < -0.39 is 6.55 Å². The van der Waals surface area contributed by atoms with Crippen molar-refractivity contribution in [2.75, 3.05) is 0 Å². The molecule has 8 heteroatoms. The van der Waals surface area contributed by atoms with Gasteiger partial charge in [0.25, 0.3) is 0 Å². The van der Waals surface area contributed by atoms with Gasteiger partial charge in [0.05, 0.1) is 0 Å². The van der Waals surface area contributed by atoms with E-state index in [1.807, 2.05) is 0 Å². The average molecular weight is 229 g/mol. The van der Waals surface area contributed by atoms with E-state index in [9.17, 15) is 13.6 Å². The number of nitrogens with zero attached hydrogens (tertiary/aromatic N) is 5. The molecular weight excluding hydrogens is 220 g/mol. The molecule has 0 bridgehead atoms. The van der Waals surface area contributed by atoms with Crippen LogP contribution in [0.25, 0.3) is 0 Å². The first-order chi connectivity index (χ1) is 7.59. The number of hydrogen-bond donors (Lipinski definition) is 0. The highest BCUT2D eigenvalue weighted by molar-refractivity contribution is 4.93. The number of halogens is 2. The third kappa shape index (κ3) is 1.73. The van der Waals surface area contributed by atoms with Gasteiger partial charge in [0.15, 0.2) is 0 Å². The van der Waals surface area contributed by atoms with E-state index in [0.29, 0.717) is 4.57 Å². The first-order valence-corrected chi connectivity index (χ1v) is 4.48. The van der Waals surface area contributed by atoms with Crippen LogP contribution in [-0.4, -0.2) is 23.9 Å². The number of rotatable bonds is 3. The Morgan fingerprint density at radius 2 is 2.25 bits per heavy atom. The van der Waals surface area contributed by atoms with Crippen molar-refractivity contribution in [2.45, 2.75) is 13.1 Å². The normalized spacial score (nSPS) is 11.2. The summed E-state index contributed by atoms with van der Waals surface area (Å²) in [7, 11) is 1.53. The first kappa shape index (κ1) is 10.5. The van der Waals surface area contributed by atoms with Crippen molar-refractivity contribution in [2.24, 2.45) is 7.05 Å². The zero-order chi connectivity index (χ0) is 11.7. The lowest BCUT2D eigenvalue weighted by Gasteiger charge is -2.05. The zero-order valence-corrected chi connectivity index (χ0v) is 8.42. The number of hydrogen-bond acceptors (Lipinski definition) is 3. The van der Waals surface area contributed by atoms with Crippen molar-refractivity contribution >= 4 is 0 Å². The van der Waals surface area contributed by atoms with Gasteiger partial charge in [-0.15, -0.1) is 0 Å². The second kappa shape index (κ2) is 3.87. The largest absolute Gasteiger partial charge is 0.345 e. The van der Waals surface area contributed by atoms with Crippen molar-refractivity contribution in [3.63, 3.8) is 0 Å². The van der Waals surface area contributed by atoms with Crippen LogP contribution in [0.3, 0.4) is 0 Å². The Morgan fingerprint density at radius 1 is 1.50 bits per heavy atom. The Balaban J connectivity index is 2.31. The molecule has 0 aliphatic heterocycles. The molecule has 0 N–H and O–H groups in total. The van der Waals surface area contributed by atoms with Crippen LogP contribution in [0.5, 0.6) is 0 Å². The SMILES string of the molecule is Cn1cnn(Cc2nccn2C(F)F)c1=O. The molecule has 6 nitrogen and oxygen atoms in total. The quantitative estimate of drug-likeness (QED) is 0.756. The molecule has 2 aromatic rings. The molecule has 0 radical (unpaired) electrons. The highest BCUT2D eigenvalue weighted by Gasteiger charge is 2.13. The molecule has 0 aromatic carbocycles. The summed E-state index contributed by atoms with van der Waals surface area (Å²) in [4.78, 5) is 15.2. The van der Waals surface area contributed by atoms with Gasteiger partial charge >= 0.3 is 12.2 Å². The van der Waals surface area contributed by atoms with Crippen LogP contribution in [0.15, 0.2) is 23.5 Å². The highest BCUT2D eigenvalue weighted by Crippen LogP contribution is 2.12. The van der Waals surface area contributed by atoms with Gasteiger partial charge in [0, 0.05) is 19.4 Å². The molecule has 0 aliphatic carbocycles. The van der Waals surface area contributed by atoms with Gasteiger partial charge in [0.1, 0.15) is 18.7 Å². The molecule has 0 fully saturated rings. The summed E-state index contributed by atoms with van der Waals surface area (Å²) in [5.41, 5.74) is -0.371. The molecule has 2 heterocycles. The van der Waals surface area contributed by atoms with Gasteiger partial charge in [-0.25, -0.2) is 14.5 Å². The molecule has 2 rings (SSSR count). The van der Waals surface area contributed by atoms with Gasteiger partial charge in [-0.1, -0.05) is 0 Å². The standard InChI is InChI=1S/C8H9F2N5O/c1-13-5-12-15(8(13)16)4-6-11-2-3-14(6)7(9)10/h2-3,5,7H,4H2,1H3. The predicted molar refractivity (Wildman–Crippen MR) is 50.1 cm³/mol. The molecule has 0 aliphatic rings. The van der Waals surface area contributed by atoms with Crippen LogP contribution in [0.4, 0.5) is 8.78 Å².